The van der Waals surface area contributed by atoms with E-state index >= 15 is 0 Å². The first-order chi connectivity index (χ1) is 10.0. The van der Waals surface area contributed by atoms with Crippen molar-refractivity contribution in [2.45, 2.75) is 18.8 Å². The number of hydrogen-bond donors (Lipinski definition) is 2. The van der Waals surface area contributed by atoms with Gasteiger partial charge in [-0.05, 0) is 36.6 Å². The molecule has 0 aliphatic heterocycles. The second-order valence-electron chi connectivity index (χ2n) is 5.39. The van der Waals surface area contributed by atoms with Crippen LogP contribution < -0.4 is 0 Å². The van der Waals surface area contributed by atoms with Gasteiger partial charge in [-0.25, -0.2) is 0 Å². The van der Waals surface area contributed by atoms with Crippen LogP contribution in [0.25, 0.3) is 0 Å². The molecule has 0 spiro atoms. The standard InChI is InChI=1S/C17H18Cl2O2/c1-12-3-2-4-14(7-12)17(10-20,11-21)9-13-5-6-15(18)16(19)8-13/h2-8,20-21H,9-11H2,1H3. The first-order valence-corrected chi connectivity index (χ1v) is 7.49. The first kappa shape index (κ1) is 16.3. The van der Waals surface area contributed by atoms with Gasteiger partial charge in [0.05, 0.1) is 23.3 Å². The molecule has 112 valence electrons. The molecule has 0 fully saturated rings. The minimum Gasteiger partial charge on any atom is -0.395 e. The molecule has 0 bridgehead atoms. The molecule has 0 unspecified atom stereocenters. The zero-order valence-corrected chi connectivity index (χ0v) is 13.3. The maximum Gasteiger partial charge on any atom is 0.0595 e. The fourth-order valence-corrected chi connectivity index (χ4v) is 2.78. The summed E-state index contributed by atoms with van der Waals surface area (Å²) in [4.78, 5) is 0. The number of rotatable bonds is 5. The molecule has 2 N–H and O–H groups in total. The topological polar surface area (TPSA) is 40.5 Å². The predicted octanol–water partition coefficient (Wildman–Crippen LogP) is 3.77. The van der Waals surface area contributed by atoms with Crippen LogP contribution in [-0.4, -0.2) is 23.4 Å². The summed E-state index contributed by atoms with van der Waals surface area (Å²) in [7, 11) is 0. The Morgan fingerprint density at radius 3 is 2.24 bits per heavy atom. The fourth-order valence-electron chi connectivity index (χ4n) is 2.46. The molecular weight excluding hydrogens is 307 g/mol. The molecule has 0 aromatic heterocycles. The third-order valence-electron chi connectivity index (χ3n) is 3.76. The van der Waals surface area contributed by atoms with Crippen molar-refractivity contribution in [3.05, 3.63) is 69.2 Å². The molecule has 2 aromatic rings. The van der Waals surface area contributed by atoms with Crippen LogP contribution >= 0.6 is 23.2 Å². The van der Waals surface area contributed by atoms with Crippen molar-refractivity contribution in [2.75, 3.05) is 13.2 Å². The summed E-state index contributed by atoms with van der Waals surface area (Å²) in [5.74, 6) is 0. The lowest BCUT2D eigenvalue weighted by Gasteiger charge is -2.31. The molecule has 0 radical (unpaired) electrons. The SMILES string of the molecule is Cc1cccc(C(CO)(CO)Cc2ccc(Cl)c(Cl)c2)c1. The highest BCUT2D eigenvalue weighted by Crippen LogP contribution is 2.31. The second-order valence-corrected chi connectivity index (χ2v) is 6.21. The van der Waals surface area contributed by atoms with Crippen molar-refractivity contribution >= 4 is 23.2 Å². The first-order valence-electron chi connectivity index (χ1n) is 6.73. The summed E-state index contributed by atoms with van der Waals surface area (Å²) < 4.78 is 0. The Labute approximate surface area is 135 Å². The van der Waals surface area contributed by atoms with Crippen LogP contribution in [0, 0.1) is 6.92 Å². The average molecular weight is 325 g/mol. The van der Waals surface area contributed by atoms with Gasteiger partial charge in [0.1, 0.15) is 0 Å². The van der Waals surface area contributed by atoms with E-state index in [1.165, 1.54) is 0 Å². The number of hydrogen-bond acceptors (Lipinski definition) is 2. The van der Waals surface area contributed by atoms with Crippen LogP contribution in [0.15, 0.2) is 42.5 Å². The van der Waals surface area contributed by atoms with Gasteiger partial charge >= 0.3 is 0 Å². The molecule has 0 saturated heterocycles. The van der Waals surface area contributed by atoms with Crippen molar-refractivity contribution in [1.82, 2.24) is 0 Å². The van der Waals surface area contributed by atoms with E-state index in [-0.39, 0.29) is 13.2 Å². The molecule has 2 nitrogen and oxygen atoms in total. The van der Waals surface area contributed by atoms with Gasteiger partial charge in [0.25, 0.3) is 0 Å². The van der Waals surface area contributed by atoms with Crippen LogP contribution in [0.5, 0.6) is 0 Å². The maximum atomic E-state index is 9.89. The Hall–Kier alpha value is -1.06. The maximum absolute atomic E-state index is 9.89. The van der Waals surface area contributed by atoms with Gasteiger partial charge in [-0.1, -0.05) is 59.1 Å². The van der Waals surface area contributed by atoms with E-state index in [1.54, 1.807) is 12.1 Å². The highest BCUT2D eigenvalue weighted by atomic mass is 35.5. The highest BCUT2D eigenvalue weighted by Gasteiger charge is 2.31. The summed E-state index contributed by atoms with van der Waals surface area (Å²) in [5, 5.41) is 20.7. The van der Waals surface area contributed by atoms with Gasteiger partial charge in [-0.2, -0.15) is 0 Å². The van der Waals surface area contributed by atoms with Gasteiger partial charge in [-0.15, -0.1) is 0 Å². The Morgan fingerprint density at radius 1 is 0.952 bits per heavy atom. The fraction of sp³-hybridized carbons (Fsp3) is 0.294. The number of aliphatic hydroxyl groups is 2. The summed E-state index contributed by atoms with van der Waals surface area (Å²) in [5.41, 5.74) is 2.20. The monoisotopic (exact) mass is 324 g/mol. The number of halogens is 2. The average Bonchev–Trinajstić information content (AvgIpc) is 2.48. The number of aliphatic hydroxyl groups excluding tert-OH is 2. The van der Waals surface area contributed by atoms with E-state index in [4.69, 9.17) is 23.2 Å². The summed E-state index contributed by atoms with van der Waals surface area (Å²) in [6.07, 6.45) is 0.486. The molecule has 21 heavy (non-hydrogen) atoms. The van der Waals surface area contributed by atoms with Crippen LogP contribution in [0.3, 0.4) is 0 Å². The molecule has 4 heteroatoms. The Bertz CT molecular complexity index is 622. The van der Waals surface area contributed by atoms with Gasteiger partial charge in [0.2, 0.25) is 0 Å². The lowest BCUT2D eigenvalue weighted by Crippen LogP contribution is -2.37. The summed E-state index contributed by atoms with van der Waals surface area (Å²) >= 11 is 12.0. The van der Waals surface area contributed by atoms with Crippen LogP contribution in [0.4, 0.5) is 0 Å². The van der Waals surface area contributed by atoms with Gasteiger partial charge in [0, 0.05) is 5.41 Å². The van der Waals surface area contributed by atoms with E-state index in [0.717, 1.165) is 16.7 Å². The quantitative estimate of drug-likeness (QED) is 0.879. The zero-order chi connectivity index (χ0) is 15.5. The van der Waals surface area contributed by atoms with Gasteiger partial charge in [0.15, 0.2) is 0 Å². The summed E-state index contributed by atoms with van der Waals surface area (Å²) in [6, 6.07) is 13.2. The summed E-state index contributed by atoms with van der Waals surface area (Å²) in [6.45, 7) is 1.70. The largest absolute Gasteiger partial charge is 0.395 e. The normalized spacial score (nSPS) is 11.7. The molecular formula is C17H18Cl2O2. The van der Waals surface area contributed by atoms with Crippen molar-refractivity contribution in [2.24, 2.45) is 0 Å². The van der Waals surface area contributed by atoms with Crippen LogP contribution in [-0.2, 0) is 11.8 Å². The second kappa shape index (κ2) is 6.80. The van der Waals surface area contributed by atoms with Crippen molar-refractivity contribution < 1.29 is 10.2 Å². The number of aryl methyl sites for hydroxylation is 1. The van der Waals surface area contributed by atoms with E-state index in [2.05, 4.69) is 0 Å². The van der Waals surface area contributed by atoms with E-state index in [9.17, 15) is 10.2 Å². The minimum atomic E-state index is -0.733. The third-order valence-corrected chi connectivity index (χ3v) is 4.50. The Morgan fingerprint density at radius 2 is 1.67 bits per heavy atom. The van der Waals surface area contributed by atoms with Crippen molar-refractivity contribution in [1.29, 1.82) is 0 Å². The molecule has 0 saturated carbocycles. The molecule has 0 aliphatic rings. The lowest BCUT2D eigenvalue weighted by molar-refractivity contribution is 0.116. The predicted molar refractivity (Wildman–Crippen MR) is 87.2 cm³/mol. The molecule has 0 amide bonds. The van der Waals surface area contributed by atoms with Gasteiger partial charge in [-0.3, -0.25) is 0 Å². The van der Waals surface area contributed by atoms with Crippen molar-refractivity contribution in [3.8, 4) is 0 Å². The van der Waals surface area contributed by atoms with Crippen LogP contribution in [0.1, 0.15) is 16.7 Å². The highest BCUT2D eigenvalue weighted by molar-refractivity contribution is 6.42. The van der Waals surface area contributed by atoms with Crippen molar-refractivity contribution in [3.63, 3.8) is 0 Å². The van der Waals surface area contributed by atoms with E-state index in [1.807, 2.05) is 37.3 Å². The van der Waals surface area contributed by atoms with E-state index in [0.29, 0.717) is 16.5 Å². The van der Waals surface area contributed by atoms with E-state index < -0.39 is 5.41 Å². The Kier molecular flexibility index (Phi) is 5.28. The molecule has 0 aliphatic carbocycles. The third kappa shape index (κ3) is 3.58. The molecule has 2 aromatic carbocycles. The Balaban J connectivity index is 2.40. The molecule has 0 heterocycles. The molecule has 2 rings (SSSR count). The molecule has 0 atom stereocenters. The zero-order valence-electron chi connectivity index (χ0n) is 11.8. The lowest BCUT2D eigenvalue weighted by atomic mass is 9.76. The smallest absolute Gasteiger partial charge is 0.0595 e. The number of benzene rings is 2. The minimum absolute atomic E-state index is 0.146. The van der Waals surface area contributed by atoms with Crippen LogP contribution in [0.2, 0.25) is 10.0 Å². The van der Waals surface area contributed by atoms with Gasteiger partial charge < -0.3 is 10.2 Å².